The van der Waals surface area contributed by atoms with Crippen LogP contribution < -0.4 is 0 Å². The zero-order chi connectivity index (χ0) is 19.6. The maximum atomic E-state index is 13.6. The molecule has 5 heteroatoms. The Hall–Kier alpha value is -1.88. The molecule has 1 aromatic carbocycles. The van der Waals surface area contributed by atoms with E-state index in [4.69, 9.17) is 4.74 Å². The van der Waals surface area contributed by atoms with Crippen molar-refractivity contribution in [3.8, 4) is 0 Å². The van der Waals surface area contributed by atoms with E-state index in [2.05, 4.69) is 21.9 Å². The Balaban J connectivity index is 1.43. The molecular formula is C23H32N2O3. The highest BCUT2D eigenvalue weighted by Crippen LogP contribution is 2.50. The van der Waals surface area contributed by atoms with Gasteiger partial charge in [0.25, 0.3) is 0 Å². The van der Waals surface area contributed by atoms with Gasteiger partial charge in [-0.3, -0.25) is 9.59 Å². The summed E-state index contributed by atoms with van der Waals surface area (Å²) in [5.41, 5.74) is 0.810. The Morgan fingerprint density at radius 1 is 1.18 bits per heavy atom. The molecule has 2 unspecified atom stereocenters. The average Bonchev–Trinajstić information content (AvgIpc) is 3.63. The molecule has 1 aliphatic heterocycles. The minimum absolute atomic E-state index is 0.0195. The van der Waals surface area contributed by atoms with Gasteiger partial charge >= 0.3 is 5.97 Å². The van der Waals surface area contributed by atoms with E-state index >= 15 is 0 Å². The summed E-state index contributed by atoms with van der Waals surface area (Å²) in [5.74, 6) is 0.401. The van der Waals surface area contributed by atoms with E-state index in [0.717, 1.165) is 51.0 Å². The first-order valence-electron chi connectivity index (χ1n) is 10.9. The van der Waals surface area contributed by atoms with Crippen molar-refractivity contribution in [1.82, 2.24) is 9.80 Å². The van der Waals surface area contributed by atoms with Crippen LogP contribution in [0.2, 0.25) is 0 Å². The molecule has 152 valence electrons. The fourth-order valence-electron chi connectivity index (χ4n) is 4.63. The minimum atomic E-state index is -0.333. The number of hydrogen-bond acceptors (Lipinski definition) is 4. The molecule has 3 aliphatic rings. The average molecular weight is 385 g/mol. The summed E-state index contributed by atoms with van der Waals surface area (Å²) in [6.45, 7) is 6.94. The van der Waals surface area contributed by atoms with Crippen LogP contribution in [0.4, 0.5) is 0 Å². The molecule has 0 bridgehead atoms. The van der Waals surface area contributed by atoms with Gasteiger partial charge in [0.15, 0.2) is 0 Å². The topological polar surface area (TPSA) is 49.9 Å². The van der Waals surface area contributed by atoms with Gasteiger partial charge in [-0.15, -0.1) is 0 Å². The molecule has 0 radical (unpaired) electrons. The summed E-state index contributed by atoms with van der Waals surface area (Å²) in [4.78, 5) is 30.1. The number of carbonyl (C=O) groups is 2. The third-order valence-electron chi connectivity index (χ3n) is 6.62. The van der Waals surface area contributed by atoms with Crippen molar-refractivity contribution < 1.29 is 14.3 Å². The summed E-state index contributed by atoms with van der Waals surface area (Å²) in [7, 11) is 0. The number of rotatable bonds is 9. The molecule has 1 aromatic rings. The van der Waals surface area contributed by atoms with Gasteiger partial charge in [-0.1, -0.05) is 30.3 Å². The van der Waals surface area contributed by atoms with Crippen molar-refractivity contribution in [3.05, 3.63) is 35.9 Å². The van der Waals surface area contributed by atoms with E-state index in [1.54, 1.807) is 0 Å². The first-order valence-corrected chi connectivity index (χ1v) is 10.9. The fraction of sp³-hybridized carbons (Fsp3) is 0.652. The summed E-state index contributed by atoms with van der Waals surface area (Å²) >= 11 is 0. The molecule has 5 nitrogen and oxygen atoms in total. The van der Waals surface area contributed by atoms with Crippen LogP contribution in [0.15, 0.2) is 30.3 Å². The summed E-state index contributed by atoms with van der Waals surface area (Å²) < 4.78 is 5.18. The van der Waals surface area contributed by atoms with Crippen LogP contribution in [0.5, 0.6) is 0 Å². The first-order chi connectivity index (χ1) is 13.6. The fourth-order valence-corrected chi connectivity index (χ4v) is 4.63. The summed E-state index contributed by atoms with van der Waals surface area (Å²) in [5, 5.41) is 0. The van der Waals surface area contributed by atoms with Gasteiger partial charge in [-0.25, -0.2) is 0 Å². The zero-order valence-electron chi connectivity index (χ0n) is 16.9. The number of nitrogens with zero attached hydrogens (tertiary/aromatic N) is 2. The van der Waals surface area contributed by atoms with Gasteiger partial charge in [0.2, 0.25) is 5.91 Å². The zero-order valence-corrected chi connectivity index (χ0v) is 16.9. The van der Waals surface area contributed by atoms with Crippen LogP contribution in [-0.2, 0) is 19.7 Å². The van der Waals surface area contributed by atoms with Crippen molar-refractivity contribution >= 4 is 11.9 Å². The van der Waals surface area contributed by atoms with Gasteiger partial charge in [-0.05, 0) is 63.6 Å². The molecular weight excluding hydrogens is 352 g/mol. The second kappa shape index (κ2) is 8.24. The van der Waals surface area contributed by atoms with Crippen molar-refractivity contribution in [2.45, 2.75) is 44.4 Å². The van der Waals surface area contributed by atoms with Crippen LogP contribution in [0.3, 0.4) is 0 Å². The van der Waals surface area contributed by atoms with Gasteiger partial charge in [0, 0.05) is 19.6 Å². The molecule has 4 rings (SSSR count). The van der Waals surface area contributed by atoms with Gasteiger partial charge in [0.1, 0.15) is 0 Å². The maximum absolute atomic E-state index is 13.6. The van der Waals surface area contributed by atoms with Crippen molar-refractivity contribution in [2.75, 3.05) is 39.3 Å². The Morgan fingerprint density at radius 2 is 1.89 bits per heavy atom. The lowest BCUT2D eigenvalue weighted by molar-refractivity contribution is -0.145. The molecule has 0 spiro atoms. The summed E-state index contributed by atoms with van der Waals surface area (Å²) in [6.07, 6.45) is 5.24. The molecule has 0 aromatic heterocycles. The predicted molar refractivity (Wildman–Crippen MR) is 108 cm³/mol. The van der Waals surface area contributed by atoms with Crippen LogP contribution in [0.25, 0.3) is 0 Å². The Labute approximate surface area is 168 Å². The van der Waals surface area contributed by atoms with Crippen molar-refractivity contribution in [1.29, 1.82) is 0 Å². The number of hydrogen-bond donors (Lipinski definition) is 0. The second-order valence-corrected chi connectivity index (χ2v) is 8.60. The second-order valence-electron chi connectivity index (χ2n) is 8.60. The van der Waals surface area contributed by atoms with E-state index in [1.165, 1.54) is 12.8 Å². The highest BCUT2D eigenvalue weighted by atomic mass is 16.5. The molecule has 3 fully saturated rings. The SMILES string of the molecule is CCOC(=O)C1CC1CN(CCN1CCCC1)C(=O)C1(c2ccccc2)CC1. The number of esters is 1. The van der Waals surface area contributed by atoms with E-state index in [9.17, 15) is 9.59 Å². The standard InChI is InChI=1S/C23H32N2O3/c1-2-28-21(26)20-16-18(20)17-25(15-14-24-12-6-7-13-24)22(27)23(10-11-23)19-8-4-3-5-9-19/h3-5,8-9,18,20H,2,6-7,10-17H2,1H3. The maximum Gasteiger partial charge on any atom is 0.309 e. The quantitative estimate of drug-likeness (QED) is 0.615. The normalized spacial score (nSPS) is 25.3. The first kappa shape index (κ1) is 19.4. The third-order valence-corrected chi connectivity index (χ3v) is 6.62. The molecule has 1 heterocycles. The molecule has 28 heavy (non-hydrogen) atoms. The molecule has 1 amide bonds. The highest BCUT2D eigenvalue weighted by Gasteiger charge is 2.54. The molecule has 2 aliphatic carbocycles. The number of ether oxygens (including phenoxy) is 1. The third kappa shape index (κ3) is 4.09. The van der Waals surface area contributed by atoms with Crippen LogP contribution in [0.1, 0.15) is 44.6 Å². The van der Waals surface area contributed by atoms with Crippen molar-refractivity contribution in [3.63, 3.8) is 0 Å². The van der Waals surface area contributed by atoms with Gasteiger partial charge < -0.3 is 14.5 Å². The summed E-state index contributed by atoms with van der Waals surface area (Å²) in [6, 6.07) is 10.2. The Morgan fingerprint density at radius 3 is 2.54 bits per heavy atom. The number of carbonyl (C=O) groups excluding carboxylic acids is 2. The van der Waals surface area contributed by atoms with E-state index < -0.39 is 0 Å². The predicted octanol–water partition coefficient (Wildman–Crippen LogP) is 2.84. The van der Waals surface area contributed by atoms with Gasteiger partial charge in [-0.2, -0.15) is 0 Å². The number of likely N-dealkylation sites (tertiary alicyclic amines) is 1. The monoisotopic (exact) mass is 384 g/mol. The van der Waals surface area contributed by atoms with E-state index in [1.807, 2.05) is 25.1 Å². The molecule has 1 saturated heterocycles. The van der Waals surface area contributed by atoms with Gasteiger partial charge in [0.05, 0.1) is 17.9 Å². The van der Waals surface area contributed by atoms with Crippen LogP contribution in [0, 0.1) is 11.8 Å². The van der Waals surface area contributed by atoms with Crippen molar-refractivity contribution in [2.24, 2.45) is 11.8 Å². The molecule has 2 saturated carbocycles. The van der Waals surface area contributed by atoms with E-state index in [-0.39, 0.29) is 29.1 Å². The minimum Gasteiger partial charge on any atom is -0.466 e. The Kier molecular flexibility index (Phi) is 5.72. The Bertz CT molecular complexity index is 695. The van der Waals surface area contributed by atoms with E-state index in [0.29, 0.717) is 13.2 Å². The largest absolute Gasteiger partial charge is 0.466 e. The number of amides is 1. The van der Waals surface area contributed by atoms with Crippen LogP contribution >= 0.6 is 0 Å². The molecule has 2 atom stereocenters. The van der Waals surface area contributed by atoms with Crippen LogP contribution in [-0.4, -0.2) is 61.0 Å². The smallest absolute Gasteiger partial charge is 0.309 e. The lowest BCUT2D eigenvalue weighted by Gasteiger charge is -2.29. The lowest BCUT2D eigenvalue weighted by atomic mass is 9.94. The highest BCUT2D eigenvalue weighted by molar-refractivity contribution is 5.91. The number of benzene rings is 1. The molecule has 0 N–H and O–H groups in total. The lowest BCUT2D eigenvalue weighted by Crippen LogP contribution is -2.44.